The normalized spacial score (nSPS) is 27.1. The van der Waals surface area contributed by atoms with E-state index >= 15 is 0 Å². The molecule has 0 saturated carbocycles. The van der Waals surface area contributed by atoms with Gasteiger partial charge in [-0.1, -0.05) is 6.08 Å². The summed E-state index contributed by atoms with van der Waals surface area (Å²) in [5.74, 6) is 1.18. The van der Waals surface area contributed by atoms with E-state index in [2.05, 4.69) is 16.0 Å². The van der Waals surface area contributed by atoms with Crippen LogP contribution in [0.1, 0.15) is 0 Å². The number of methoxy groups -OCH3 is 1. The second-order valence-electron chi connectivity index (χ2n) is 4.37. The number of piperidine rings is 1. The number of ether oxygens (including phenoxy) is 1. The molecule has 4 rings (SSSR count). The summed E-state index contributed by atoms with van der Waals surface area (Å²) in [6.07, 6.45) is 4.07. The third-order valence-corrected chi connectivity index (χ3v) is 3.41. The summed E-state index contributed by atoms with van der Waals surface area (Å²) in [4.78, 5) is 6.44. The van der Waals surface area contributed by atoms with Crippen molar-refractivity contribution in [1.29, 1.82) is 0 Å². The van der Waals surface area contributed by atoms with Crippen LogP contribution in [0.25, 0.3) is 0 Å². The van der Waals surface area contributed by atoms with Crippen molar-refractivity contribution in [1.82, 2.24) is 4.98 Å². The van der Waals surface area contributed by atoms with E-state index in [4.69, 9.17) is 10.5 Å². The van der Waals surface area contributed by atoms with Crippen molar-refractivity contribution in [2.45, 2.75) is 6.04 Å². The molecule has 0 aromatic carbocycles. The Morgan fingerprint density at radius 1 is 1.56 bits per heavy atom. The molecule has 1 fully saturated rings. The molecular weight excluding hydrogens is 202 g/mol. The van der Waals surface area contributed by atoms with Crippen LogP contribution in [0.5, 0.6) is 5.88 Å². The van der Waals surface area contributed by atoms with Gasteiger partial charge in [0.05, 0.1) is 7.11 Å². The van der Waals surface area contributed by atoms with Crippen molar-refractivity contribution in [3.63, 3.8) is 0 Å². The molecule has 0 spiro atoms. The van der Waals surface area contributed by atoms with Crippen LogP contribution in [0, 0.1) is 5.92 Å². The van der Waals surface area contributed by atoms with Crippen molar-refractivity contribution in [2.75, 3.05) is 25.1 Å². The minimum atomic E-state index is 0.292. The second-order valence-corrected chi connectivity index (χ2v) is 4.37. The topological polar surface area (TPSA) is 51.4 Å². The van der Waals surface area contributed by atoms with E-state index in [9.17, 15) is 0 Å². The molecule has 3 aliphatic rings. The first kappa shape index (κ1) is 9.66. The molecular formula is C12H15N3O. The van der Waals surface area contributed by atoms with Gasteiger partial charge in [0.2, 0.25) is 5.88 Å². The summed E-state index contributed by atoms with van der Waals surface area (Å²) in [5.41, 5.74) is 8.51. The van der Waals surface area contributed by atoms with E-state index < -0.39 is 0 Å². The third-order valence-electron chi connectivity index (χ3n) is 3.41. The van der Waals surface area contributed by atoms with Crippen molar-refractivity contribution in [2.24, 2.45) is 11.7 Å². The van der Waals surface area contributed by atoms with Gasteiger partial charge in [0.25, 0.3) is 0 Å². The van der Waals surface area contributed by atoms with Crippen LogP contribution in [0.4, 0.5) is 5.69 Å². The van der Waals surface area contributed by atoms with Gasteiger partial charge in [0, 0.05) is 43.0 Å². The van der Waals surface area contributed by atoms with Gasteiger partial charge in [-0.3, -0.25) is 0 Å². The number of nitrogens with two attached hydrogens (primary N) is 1. The molecule has 2 bridgehead atoms. The van der Waals surface area contributed by atoms with Crippen molar-refractivity contribution < 1.29 is 4.74 Å². The lowest BCUT2D eigenvalue weighted by atomic mass is 9.77. The minimum absolute atomic E-state index is 0.292. The van der Waals surface area contributed by atoms with E-state index in [0.717, 1.165) is 18.8 Å². The average Bonchev–Trinajstić information content (AvgIpc) is 2.38. The highest BCUT2D eigenvalue weighted by Gasteiger charge is 2.36. The Bertz CT molecular complexity index is 444. The first-order valence-electron chi connectivity index (χ1n) is 5.49. The number of anilines is 1. The molecule has 0 amide bonds. The first-order valence-corrected chi connectivity index (χ1v) is 5.49. The van der Waals surface area contributed by atoms with E-state index in [-0.39, 0.29) is 0 Å². The SMILES string of the molecule is COc1cc(N2CC3=CC(C2)C3N)ccn1. The van der Waals surface area contributed by atoms with Gasteiger partial charge >= 0.3 is 0 Å². The van der Waals surface area contributed by atoms with Crippen LogP contribution in [0.3, 0.4) is 0 Å². The molecule has 1 aliphatic carbocycles. The Morgan fingerprint density at radius 3 is 3.06 bits per heavy atom. The van der Waals surface area contributed by atoms with Crippen LogP contribution in [0.2, 0.25) is 0 Å². The van der Waals surface area contributed by atoms with E-state index in [1.54, 1.807) is 13.3 Å². The summed E-state index contributed by atoms with van der Waals surface area (Å²) < 4.78 is 5.13. The quantitative estimate of drug-likeness (QED) is 0.744. The lowest BCUT2D eigenvalue weighted by Gasteiger charge is -2.45. The fourth-order valence-corrected chi connectivity index (χ4v) is 2.41. The largest absolute Gasteiger partial charge is 0.481 e. The highest BCUT2D eigenvalue weighted by atomic mass is 16.5. The number of nitrogens with zero attached hydrogens (tertiary/aromatic N) is 2. The molecule has 2 unspecified atom stereocenters. The van der Waals surface area contributed by atoms with Crippen LogP contribution in [-0.4, -0.2) is 31.2 Å². The van der Waals surface area contributed by atoms with Crippen LogP contribution in [-0.2, 0) is 0 Å². The predicted molar refractivity (Wildman–Crippen MR) is 62.6 cm³/mol. The van der Waals surface area contributed by atoms with Gasteiger partial charge in [0.15, 0.2) is 0 Å². The molecule has 2 atom stereocenters. The zero-order valence-corrected chi connectivity index (χ0v) is 9.26. The van der Waals surface area contributed by atoms with Crippen LogP contribution >= 0.6 is 0 Å². The number of pyridine rings is 1. The second kappa shape index (κ2) is 3.49. The van der Waals surface area contributed by atoms with Gasteiger partial charge in [-0.25, -0.2) is 4.98 Å². The molecule has 2 N–H and O–H groups in total. The average molecular weight is 217 g/mol. The maximum absolute atomic E-state index is 5.99. The number of hydrogen-bond donors (Lipinski definition) is 1. The Morgan fingerprint density at radius 2 is 2.44 bits per heavy atom. The maximum Gasteiger partial charge on any atom is 0.214 e. The van der Waals surface area contributed by atoms with Crippen molar-refractivity contribution >= 4 is 5.69 Å². The smallest absolute Gasteiger partial charge is 0.214 e. The highest BCUT2D eigenvalue weighted by Crippen LogP contribution is 2.34. The lowest BCUT2D eigenvalue weighted by Crippen LogP contribution is -2.54. The Balaban J connectivity index is 1.81. The molecule has 4 nitrogen and oxygen atoms in total. The van der Waals surface area contributed by atoms with Gasteiger partial charge < -0.3 is 15.4 Å². The van der Waals surface area contributed by atoms with Crippen LogP contribution < -0.4 is 15.4 Å². The zero-order chi connectivity index (χ0) is 11.1. The molecule has 1 aromatic heterocycles. The van der Waals surface area contributed by atoms with Crippen molar-refractivity contribution in [3.05, 3.63) is 30.0 Å². The minimum Gasteiger partial charge on any atom is -0.481 e. The summed E-state index contributed by atoms with van der Waals surface area (Å²) in [7, 11) is 1.64. The molecule has 1 aromatic rings. The standard InChI is InChI=1S/C12H15N3O/c1-16-11-5-10(2-3-14-11)15-6-8-4-9(7-15)12(8)13/h2-5,8,12H,6-7,13H2,1H3. The summed E-state index contributed by atoms with van der Waals surface area (Å²) in [6, 6.07) is 4.27. The molecule has 4 heteroatoms. The fourth-order valence-electron chi connectivity index (χ4n) is 2.41. The van der Waals surface area contributed by atoms with E-state index in [1.165, 1.54) is 5.57 Å². The summed E-state index contributed by atoms with van der Waals surface area (Å²) in [6.45, 7) is 1.93. The predicted octanol–water partition coefficient (Wildman–Crippen LogP) is 0.794. The monoisotopic (exact) mass is 217 g/mol. The third kappa shape index (κ3) is 1.38. The highest BCUT2D eigenvalue weighted by molar-refractivity contribution is 5.53. The zero-order valence-electron chi connectivity index (χ0n) is 9.26. The first-order chi connectivity index (χ1) is 7.78. The molecule has 1 saturated heterocycles. The summed E-state index contributed by atoms with van der Waals surface area (Å²) >= 11 is 0. The molecule has 0 radical (unpaired) electrons. The number of rotatable bonds is 2. The fraction of sp³-hybridized carbons (Fsp3) is 0.417. The number of aromatic nitrogens is 1. The summed E-state index contributed by atoms with van der Waals surface area (Å²) in [5, 5.41) is 0. The number of hydrogen-bond acceptors (Lipinski definition) is 4. The van der Waals surface area contributed by atoms with Gasteiger partial charge in [0.1, 0.15) is 0 Å². The van der Waals surface area contributed by atoms with E-state index in [1.807, 2.05) is 12.1 Å². The van der Waals surface area contributed by atoms with Crippen LogP contribution in [0.15, 0.2) is 30.0 Å². The lowest BCUT2D eigenvalue weighted by molar-refractivity contribution is 0.396. The molecule has 84 valence electrons. The maximum atomic E-state index is 5.99. The molecule has 3 heterocycles. The van der Waals surface area contributed by atoms with Gasteiger partial charge in [-0.05, 0) is 11.6 Å². The molecule has 16 heavy (non-hydrogen) atoms. The van der Waals surface area contributed by atoms with Crippen molar-refractivity contribution in [3.8, 4) is 5.88 Å². The Hall–Kier alpha value is -1.55. The Kier molecular flexibility index (Phi) is 2.11. The van der Waals surface area contributed by atoms with E-state index in [0.29, 0.717) is 17.8 Å². The number of fused-ring (bicyclic) bond motifs is 2. The molecule has 2 aliphatic heterocycles. The van der Waals surface area contributed by atoms with Gasteiger partial charge in [-0.2, -0.15) is 0 Å². The van der Waals surface area contributed by atoms with Gasteiger partial charge in [-0.15, -0.1) is 0 Å². The Labute approximate surface area is 94.7 Å².